The van der Waals surface area contributed by atoms with Crippen molar-refractivity contribution in [2.24, 2.45) is 4.99 Å². The molecule has 1 aliphatic heterocycles. The van der Waals surface area contributed by atoms with E-state index in [1.165, 1.54) is 0 Å². The van der Waals surface area contributed by atoms with E-state index < -0.39 is 0 Å². The van der Waals surface area contributed by atoms with Gasteiger partial charge in [0, 0.05) is 51.3 Å². The van der Waals surface area contributed by atoms with Crippen LogP contribution in [0.5, 0.6) is 0 Å². The number of guanidine groups is 1. The highest BCUT2D eigenvalue weighted by Crippen LogP contribution is 2.25. The molecule has 1 unspecified atom stereocenters. The van der Waals surface area contributed by atoms with Crippen molar-refractivity contribution in [3.05, 3.63) is 34.4 Å². The Morgan fingerprint density at radius 1 is 1.46 bits per heavy atom. The third kappa shape index (κ3) is 6.08. The van der Waals surface area contributed by atoms with Crippen molar-refractivity contribution in [2.75, 3.05) is 43.5 Å². The van der Waals surface area contributed by atoms with Crippen LogP contribution < -0.4 is 20.4 Å². The van der Waals surface area contributed by atoms with Crippen molar-refractivity contribution in [3.63, 3.8) is 0 Å². The molecule has 7 nitrogen and oxygen atoms in total. The van der Waals surface area contributed by atoms with Crippen LogP contribution in [0.4, 0.5) is 10.9 Å². The summed E-state index contributed by atoms with van der Waals surface area (Å²) in [4.78, 5) is 17.9. The first-order valence-electron chi connectivity index (χ1n) is 9.09. The van der Waals surface area contributed by atoms with E-state index in [2.05, 4.69) is 37.8 Å². The van der Waals surface area contributed by atoms with Crippen molar-refractivity contribution in [1.29, 1.82) is 0 Å². The summed E-state index contributed by atoms with van der Waals surface area (Å²) < 4.78 is 0. The van der Waals surface area contributed by atoms with Crippen LogP contribution in [0.1, 0.15) is 19.0 Å². The minimum Gasteiger partial charge on any atom is -0.357 e. The lowest BCUT2D eigenvalue weighted by atomic mass is 10.3. The van der Waals surface area contributed by atoms with E-state index in [9.17, 15) is 0 Å². The number of aromatic nitrogens is 2. The van der Waals surface area contributed by atoms with Gasteiger partial charge in [-0.25, -0.2) is 15.0 Å². The van der Waals surface area contributed by atoms with E-state index in [-0.39, 0.29) is 24.0 Å². The minimum absolute atomic E-state index is 0. The smallest absolute Gasteiger partial charge is 0.191 e. The molecule has 0 saturated carbocycles. The Bertz CT molecular complexity index is 783. The Morgan fingerprint density at radius 3 is 2.96 bits per heavy atom. The Balaban J connectivity index is 0.00000280. The predicted octanol–water partition coefficient (Wildman–Crippen LogP) is 3.21. The Labute approximate surface area is 192 Å². The fourth-order valence-corrected chi connectivity index (χ4v) is 3.92. The topological polar surface area (TPSA) is 68.7 Å². The molecule has 2 aromatic rings. The van der Waals surface area contributed by atoms with Gasteiger partial charge in [-0.05, 0) is 25.5 Å². The number of hydrogen-bond donors (Lipinski definition) is 2. The maximum absolute atomic E-state index is 6.28. The zero-order chi connectivity index (χ0) is 19.2. The van der Waals surface area contributed by atoms with Crippen LogP contribution in [0.25, 0.3) is 0 Å². The molecule has 0 aliphatic carbocycles. The SMILES string of the molecule is CCNC(=NCc1csc(N(C)C)n1)NC1CCN(c2ncccc2Cl)C1.I. The summed E-state index contributed by atoms with van der Waals surface area (Å²) in [7, 11) is 3.99. The lowest BCUT2D eigenvalue weighted by Gasteiger charge is -2.20. The highest BCUT2D eigenvalue weighted by Gasteiger charge is 2.25. The molecule has 1 aliphatic rings. The van der Waals surface area contributed by atoms with Crippen LogP contribution in [0.3, 0.4) is 0 Å². The van der Waals surface area contributed by atoms with E-state index in [1.54, 1.807) is 17.5 Å². The molecule has 0 amide bonds. The van der Waals surface area contributed by atoms with Crippen molar-refractivity contribution >= 4 is 63.8 Å². The van der Waals surface area contributed by atoms with Gasteiger partial charge in [0.15, 0.2) is 11.1 Å². The second-order valence-corrected chi connectivity index (χ2v) is 7.84. The average molecular weight is 536 g/mol. The normalized spacial score (nSPS) is 16.6. The van der Waals surface area contributed by atoms with Crippen molar-refractivity contribution < 1.29 is 0 Å². The number of nitrogens with one attached hydrogen (secondary N) is 2. The second kappa shape index (κ2) is 11.0. The van der Waals surface area contributed by atoms with Gasteiger partial charge in [0.25, 0.3) is 0 Å². The molecule has 10 heteroatoms. The highest BCUT2D eigenvalue weighted by atomic mass is 127. The Hall–Kier alpha value is -1.33. The van der Waals surface area contributed by atoms with E-state index in [0.29, 0.717) is 17.6 Å². The van der Waals surface area contributed by atoms with Crippen molar-refractivity contribution in [2.45, 2.75) is 25.9 Å². The lowest BCUT2D eigenvalue weighted by molar-refractivity contribution is 0.648. The van der Waals surface area contributed by atoms with Gasteiger partial charge >= 0.3 is 0 Å². The summed E-state index contributed by atoms with van der Waals surface area (Å²) in [5, 5.41) is 10.6. The molecule has 3 heterocycles. The fraction of sp³-hybridized carbons (Fsp3) is 0.500. The van der Waals surface area contributed by atoms with Gasteiger partial charge in [-0.2, -0.15) is 0 Å². The van der Waals surface area contributed by atoms with Gasteiger partial charge in [0.1, 0.15) is 5.82 Å². The van der Waals surface area contributed by atoms with E-state index >= 15 is 0 Å². The van der Waals surface area contributed by atoms with Crippen LogP contribution in [0.2, 0.25) is 5.02 Å². The lowest BCUT2D eigenvalue weighted by Crippen LogP contribution is -2.44. The number of pyridine rings is 1. The molecule has 28 heavy (non-hydrogen) atoms. The summed E-state index contributed by atoms with van der Waals surface area (Å²) in [6.45, 7) is 5.21. The monoisotopic (exact) mass is 535 g/mol. The van der Waals surface area contributed by atoms with E-state index in [0.717, 1.165) is 48.7 Å². The van der Waals surface area contributed by atoms with Crippen LogP contribution in [-0.2, 0) is 6.54 Å². The number of aliphatic imine (C=N–C) groups is 1. The highest BCUT2D eigenvalue weighted by molar-refractivity contribution is 14.0. The summed E-state index contributed by atoms with van der Waals surface area (Å²) in [6.07, 6.45) is 2.79. The van der Waals surface area contributed by atoms with Gasteiger partial charge < -0.3 is 20.4 Å². The number of anilines is 2. The molecule has 0 bridgehead atoms. The summed E-state index contributed by atoms with van der Waals surface area (Å²) in [5.74, 6) is 1.67. The van der Waals surface area contributed by atoms with E-state index in [1.807, 2.05) is 31.1 Å². The average Bonchev–Trinajstić information content (AvgIpc) is 3.30. The quantitative estimate of drug-likeness (QED) is 0.336. The number of rotatable bonds is 6. The predicted molar refractivity (Wildman–Crippen MR) is 130 cm³/mol. The zero-order valence-corrected chi connectivity index (χ0v) is 20.3. The third-order valence-corrected chi connectivity index (χ3v) is 5.59. The summed E-state index contributed by atoms with van der Waals surface area (Å²) >= 11 is 7.91. The molecule has 0 radical (unpaired) electrons. The Kier molecular flexibility index (Phi) is 9.03. The molecule has 0 aromatic carbocycles. The van der Waals surface area contributed by atoms with Crippen molar-refractivity contribution in [3.8, 4) is 0 Å². The molecule has 1 atom stereocenters. The van der Waals surface area contributed by atoms with Crippen molar-refractivity contribution in [1.82, 2.24) is 20.6 Å². The summed E-state index contributed by atoms with van der Waals surface area (Å²) in [5.41, 5.74) is 0.981. The van der Waals surface area contributed by atoms with Gasteiger partial charge in [-0.3, -0.25) is 0 Å². The summed E-state index contributed by atoms with van der Waals surface area (Å²) in [6, 6.07) is 4.04. The maximum Gasteiger partial charge on any atom is 0.191 e. The van der Waals surface area contributed by atoms with Gasteiger partial charge in [0.05, 0.1) is 17.3 Å². The number of halogens is 2. The zero-order valence-electron chi connectivity index (χ0n) is 16.4. The third-order valence-electron chi connectivity index (χ3n) is 4.23. The first kappa shape index (κ1) is 23.0. The minimum atomic E-state index is 0. The van der Waals surface area contributed by atoms with Gasteiger partial charge in [-0.15, -0.1) is 35.3 Å². The fourth-order valence-electron chi connectivity index (χ4n) is 2.93. The molecule has 154 valence electrons. The van der Waals surface area contributed by atoms with Crippen LogP contribution in [-0.4, -0.2) is 55.7 Å². The van der Waals surface area contributed by atoms with Crippen LogP contribution in [0, 0.1) is 0 Å². The second-order valence-electron chi connectivity index (χ2n) is 6.60. The molecule has 1 saturated heterocycles. The van der Waals surface area contributed by atoms with Gasteiger partial charge in [-0.1, -0.05) is 11.6 Å². The number of thiazole rings is 1. The number of hydrogen-bond acceptors (Lipinski definition) is 6. The van der Waals surface area contributed by atoms with E-state index in [4.69, 9.17) is 16.6 Å². The molecule has 0 spiro atoms. The Morgan fingerprint density at radius 2 is 2.29 bits per heavy atom. The van der Waals surface area contributed by atoms with Gasteiger partial charge in [0.2, 0.25) is 0 Å². The first-order valence-corrected chi connectivity index (χ1v) is 10.3. The molecular weight excluding hydrogens is 509 g/mol. The molecule has 1 fully saturated rings. The molecule has 2 N–H and O–H groups in total. The largest absolute Gasteiger partial charge is 0.357 e. The maximum atomic E-state index is 6.28. The standard InChI is InChI=1S/C18H26ClN7S.HI/c1-4-20-17(22-10-14-12-27-18(24-14)25(2)3)23-13-7-9-26(11-13)16-15(19)6-5-8-21-16;/h5-6,8,12-13H,4,7,9-11H2,1-3H3,(H2,20,22,23);1H. The molecule has 3 rings (SSSR count). The number of nitrogens with zero attached hydrogens (tertiary/aromatic N) is 5. The van der Waals surface area contributed by atoms with Crippen LogP contribution >= 0.6 is 46.9 Å². The molecular formula is C18H27ClIN7S. The molecule has 2 aromatic heterocycles. The van der Waals surface area contributed by atoms with Crippen LogP contribution in [0.15, 0.2) is 28.7 Å². The first-order chi connectivity index (χ1) is 13.1.